The third-order valence-corrected chi connectivity index (χ3v) is 5.18. The monoisotopic (exact) mass is 423 g/mol. The van der Waals surface area contributed by atoms with Gasteiger partial charge in [-0.15, -0.1) is 0 Å². The lowest BCUT2D eigenvalue weighted by molar-refractivity contribution is 0.0699. The molecule has 1 N–H and O–H groups in total. The summed E-state index contributed by atoms with van der Waals surface area (Å²) in [6, 6.07) is 15.9. The van der Waals surface area contributed by atoms with Gasteiger partial charge in [0.25, 0.3) is 0 Å². The highest BCUT2D eigenvalue weighted by Crippen LogP contribution is 2.35. The summed E-state index contributed by atoms with van der Waals surface area (Å²) in [6.07, 6.45) is 3.45. The van der Waals surface area contributed by atoms with Crippen LogP contribution < -0.4 is 0 Å². The number of aromatic nitrogens is 1. The number of aromatic carboxylic acids is 1. The normalized spacial score (nSPS) is 11.4. The number of benzene rings is 2. The van der Waals surface area contributed by atoms with Crippen LogP contribution in [-0.2, 0) is 0 Å². The molecule has 4 rings (SSSR count). The van der Waals surface area contributed by atoms with Crippen LogP contribution in [0.15, 0.2) is 59.0 Å². The van der Waals surface area contributed by atoms with Gasteiger partial charge in [0.2, 0.25) is 0 Å². The molecular formula is C23H15Cl2NO3. The predicted molar refractivity (Wildman–Crippen MR) is 117 cm³/mol. The molecule has 0 spiro atoms. The van der Waals surface area contributed by atoms with Gasteiger partial charge in [-0.2, -0.15) is 0 Å². The molecule has 0 aliphatic heterocycles. The molecule has 6 heteroatoms. The van der Waals surface area contributed by atoms with Crippen molar-refractivity contribution in [3.05, 3.63) is 87.2 Å². The number of hydrogen-bond acceptors (Lipinski definition) is 3. The van der Waals surface area contributed by atoms with Crippen molar-refractivity contribution in [3.63, 3.8) is 0 Å². The first-order valence-electron chi connectivity index (χ1n) is 8.80. The Morgan fingerprint density at radius 1 is 1.03 bits per heavy atom. The topological polar surface area (TPSA) is 63.3 Å². The van der Waals surface area contributed by atoms with Crippen LogP contribution in [-0.4, -0.2) is 16.1 Å². The van der Waals surface area contributed by atoms with Crippen LogP contribution in [0, 0.1) is 6.92 Å². The third-order valence-electron chi connectivity index (χ3n) is 4.55. The zero-order chi connectivity index (χ0) is 20.5. The van der Waals surface area contributed by atoms with E-state index >= 15 is 0 Å². The van der Waals surface area contributed by atoms with Gasteiger partial charge >= 0.3 is 5.97 Å². The summed E-state index contributed by atoms with van der Waals surface area (Å²) >= 11 is 12.5. The summed E-state index contributed by atoms with van der Waals surface area (Å²) in [5, 5.41) is 11.2. The van der Waals surface area contributed by atoms with E-state index in [9.17, 15) is 9.90 Å². The second kappa shape index (κ2) is 7.74. The van der Waals surface area contributed by atoms with Crippen molar-refractivity contribution in [2.24, 2.45) is 0 Å². The Hall–Kier alpha value is -3.08. The van der Waals surface area contributed by atoms with Crippen molar-refractivity contribution in [2.45, 2.75) is 6.92 Å². The Morgan fingerprint density at radius 2 is 1.76 bits per heavy atom. The quantitative estimate of drug-likeness (QED) is 0.384. The van der Waals surface area contributed by atoms with E-state index < -0.39 is 5.97 Å². The Labute approximate surface area is 177 Å². The predicted octanol–water partition coefficient (Wildman–Crippen LogP) is 6.98. The summed E-state index contributed by atoms with van der Waals surface area (Å²) in [6.45, 7) is 1.90. The van der Waals surface area contributed by atoms with E-state index in [4.69, 9.17) is 27.6 Å². The second-order valence-electron chi connectivity index (χ2n) is 6.50. The molecule has 0 aliphatic rings. The molecule has 0 bridgehead atoms. The van der Waals surface area contributed by atoms with Gasteiger partial charge in [0, 0.05) is 5.39 Å². The summed E-state index contributed by atoms with van der Waals surface area (Å²) < 4.78 is 5.84. The number of rotatable bonds is 4. The standard InChI is InChI=1S/C23H15Cl2NO3/c1-13-4-2-5-16-17(23(27)28)12-14(26-22(13)16)8-9-15-10-11-20(29-15)21-18(24)6-3-7-19(21)25/h2-12H,1H3,(H,27,28)/b9-8+. The van der Waals surface area contributed by atoms with E-state index in [1.54, 1.807) is 54.6 Å². The first kappa shape index (κ1) is 19.2. The number of aryl methyl sites for hydroxylation is 1. The minimum absolute atomic E-state index is 0.210. The molecule has 0 saturated heterocycles. The van der Waals surface area contributed by atoms with Crippen LogP contribution >= 0.6 is 23.2 Å². The number of furan rings is 1. The zero-order valence-electron chi connectivity index (χ0n) is 15.3. The van der Waals surface area contributed by atoms with E-state index in [2.05, 4.69) is 4.98 Å². The molecule has 0 fully saturated rings. The Bertz CT molecular complexity index is 1250. The third kappa shape index (κ3) is 3.77. The summed E-state index contributed by atoms with van der Waals surface area (Å²) in [4.78, 5) is 16.3. The number of pyridine rings is 1. The maximum atomic E-state index is 11.7. The summed E-state index contributed by atoms with van der Waals surface area (Å²) in [5.74, 6) is 0.125. The van der Waals surface area contributed by atoms with E-state index in [0.29, 0.717) is 43.7 Å². The van der Waals surface area contributed by atoms with Crippen LogP contribution in [0.5, 0.6) is 0 Å². The first-order valence-corrected chi connectivity index (χ1v) is 9.55. The average Bonchev–Trinajstić information content (AvgIpc) is 3.14. The molecule has 144 valence electrons. The lowest BCUT2D eigenvalue weighted by Crippen LogP contribution is -2.01. The molecule has 29 heavy (non-hydrogen) atoms. The summed E-state index contributed by atoms with van der Waals surface area (Å²) in [7, 11) is 0. The highest BCUT2D eigenvalue weighted by Gasteiger charge is 2.13. The maximum Gasteiger partial charge on any atom is 0.336 e. The van der Waals surface area contributed by atoms with Gasteiger partial charge < -0.3 is 9.52 Å². The molecular weight excluding hydrogens is 409 g/mol. The highest BCUT2D eigenvalue weighted by molar-refractivity contribution is 6.39. The lowest BCUT2D eigenvalue weighted by atomic mass is 10.0. The molecule has 4 nitrogen and oxygen atoms in total. The van der Waals surface area contributed by atoms with Gasteiger partial charge in [-0.3, -0.25) is 0 Å². The van der Waals surface area contributed by atoms with E-state index in [0.717, 1.165) is 5.56 Å². The number of nitrogens with zero attached hydrogens (tertiary/aromatic N) is 1. The van der Waals surface area contributed by atoms with Crippen molar-refractivity contribution >= 4 is 52.2 Å². The average molecular weight is 424 g/mol. The smallest absolute Gasteiger partial charge is 0.336 e. The Balaban J connectivity index is 1.72. The van der Waals surface area contributed by atoms with Crippen molar-refractivity contribution in [1.82, 2.24) is 4.98 Å². The van der Waals surface area contributed by atoms with Crippen LogP contribution in [0.25, 0.3) is 34.4 Å². The molecule has 0 amide bonds. The van der Waals surface area contributed by atoms with Gasteiger partial charge in [-0.1, -0.05) is 47.5 Å². The molecule has 2 aromatic carbocycles. The fourth-order valence-electron chi connectivity index (χ4n) is 3.15. The number of fused-ring (bicyclic) bond motifs is 1. The molecule has 0 saturated carbocycles. The van der Waals surface area contributed by atoms with E-state index in [1.165, 1.54) is 0 Å². The Morgan fingerprint density at radius 3 is 2.48 bits per heavy atom. The molecule has 2 aromatic heterocycles. The van der Waals surface area contributed by atoms with Gasteiger partial charge in [0.15, 0.2) is 0 Å². The number of carboxylic acids is 1. The summed E-state index contributed by atoms with van der Waals surface area (Å²) in [5.41, 5.74) is 2.94. The number of carbonyl (C=O) groups is 1. The van der Waals surface area contributed by atoms with E-state index in [1.807, 2.05) is 19.1 Å². The number of halogens is 2. The molecule has 4 aromatic rings. The number of hydrogen-bond donors (Lipinski definition) is 1. The van der Waals surface area contributed by atoms with Gasteiger partial charge in [-0.25, -0.2) is 9.78 Å². The van der Waals surface area contributed by atoms with Crippen molar-refractivity contribution in [1.29, 1.82) is 0 Å². The lowest BCUT2D eigenvalue weighted by Gasteiger charge is -2.06. The van der Waals surface area contributed by atoms with Crippen molar-refractivity contribution in [3.8, 4) is 11.3 Å². The SMILES string of the molecule is Cc1cccc2c(C(=O)O)cc(/C=C/c3ccc(-c4c(Cl)cccc4Cl)o3)nc12. The van der Waals surface area contributed by atoms with Crippen molar-refractivity contribution in [2.75, 3.05) is 0 Å². The minimum Gasteiger partial charge on any atom is -0.478 e. The fraction of sp³-hybridized carbons (Fsp3) is 0.0435. The molecule has 2 heterocycles. The molecule has 0 unspecified atom stereocenters. The highest BCUT2D eigenvalue weighted by atomic mass is 35.5. The fourth-order valence-corrected chi connectivity index (χ4v) is 3.74. The molecule has 0 aliphatic carbocycles. The van der Waals surface area contributed by atoms with Gasteiger partial charge in [0.1, 0.15) is 11.5 Å². The molecule has 0 atom stereocenters. The number of carboxylic acid groups (broad SMARTS) is 1. The first-order chi connectivity index (χ1) is 13.9. The second-order valence-corrected chi connectivity index (χ2v) is 7.32. The molecule has 0 radical (unpaired) electrons. The zero-order valence-corrected chi connectivity index (χ0v) is 16.8. The van der Waals surface area contributed by atoms with Crippen LogP contribution in [0.4, 0.5) is 0 Å². The van der Waals surface area contributed by atoms with Gasteiger partial charge in [0.05, 0.1) is 32.4 Å². The van der Waals surface area contributed by atoms with Crippen LogP contribution in [0.3, 0.4) is 0 Å². The largest absolute Gasteiger partial charge is 0.478 e. The van der Waals surface area contributed by atoms with Crippen LogP contribution in [0.1, 0.15) is 27.4 Å². The van der Waals surface area contributed by atoms with Crippen molar-refractivity contribution < 1.29 is 14.3 Å². The van der Waals surface area contributed by atoms with E-state index in [-0.39, 0.29) is 5.56 Å². The number of para-hydroxylation sites is 1. The Kier molecular flexibility index (Phi) is 5.14. The maximum absolute atomic E-state index is 11.7. The minimum atomic E-state index is -0.994. The van der Waals surface area contributed by atoms with Gasteiger partial charge in [-0.05, 0) is 55.0 Å². The van der Waals surface area contributed by atoms with Crippen LogP contribution in [0.2, 0.25) is 10.0 Å².